The van der Waals surface area contributed by atoms with Crippen molar-refractivity contribution in [3.63, 3.8) is 0 Å². The Morgan fingerprint density at radius 1 is 1.47 bits per heavy atom. The zero-order valence-electron chi connectivity index (χ0n) is 9.67. The van der Waals surface area contributed by atoms with E-state index in [2.05, 4.69) is 20.9 Å². The third-order valence-electron chi connectivity index (χ3n) is 2.81. The summed E-state index contributed by atoms with van der Waals surface area (Å²) in [7, 11) is 1.88. The van der Waals surface area contributed by atoms with E-state index in [-0.39, 0.29) is 5.82 Å². The summed E-state index contributed by atoms with van der Waals surface area (Å²) in [5.41, 5.74) is 7.62. The first kappa shape index (κ1) is 12.3. The van der Waals surface area contributed by atoms with Crippen LogP contribution in [0.1, 0.15) is 11.5 Å². The van der Waals surface area contributed by atoms with Gasteiger partial charge in [0.2, 0.25) is 0 Å². The largest absolute Gasteiger partial charge is 0.334 e. The minimum Gasteiger partial charge on any atom is -0.334 e. The molecule has 0 saturated carbocycles. The Morgan fingerprint density at radius 2 is 2.18 bits per heavy atom. The fourth-order valence-electron chi connectivity index (χ4n) is 1.78. The number of rotatable bonds is 2. The Balaban J connectivity index is 2.68. The Morgan fingerprint density at radius 3 is 2.82 bits per heavy atom. The molecule has 0 unspecified atom stereocenters. The third-order valence-corrected chi connectivity index (χ3v) is 3.31. The molecule has 2 N–H and O–H groups in total. The number of hydrogen-bond acceptors (Lipinski definition) is 2. The molecule has 90 valence electrons. The van der Waals surface area contributed by atoms with Crippen LogP contribution in [0.5, 0.6) is 0 Å². The van der Waals surface area contributed by atoms with Crippen molar-refractivity contribution in [2.75, 3.05) is 0 Å². The van der Waals surface area contributed by atoms with Crippen molar-refractivity contribution in [3.05, 3.63) is 40.0 Å². The average Bonchev–Trinajstić information content (AvgIpc) is 2.58. The lowest BCUT2D eigenvalue weighted by molar-refractivity contribution is 0.630. The molecule has 0 atom stereocenters. The highest BCUT2D eigenvalue weighted by Gasteiger charge is 2.16. The van der Waals surface area contributed by atoms with Crippen LogP contribution in [0.25, 0.3) is 11.3 Å². The van der Waals surface area contributed by atoms with E-state index < -0.39 is 0 Å². The molecule has 0 bridgehead atoms. The van der Waals surface area contributed by atoms with Crippen LogP contribution in [-0.4, -0.2) is 9.55 Å². The smallest absolute Gasteiger partial charge is 0.132 e. The van der Waals surface area contributed by atoms with E-state index in [4.69, 9.17) is 5.73 Å². The molecule has 0 spiro atoms. The number of benzene rings is 1. The van der Waals surface area contributed by atoms with Crippen LogP contribution >= 0.6 is 15.9 Å². The number of imidazole rings is 1. The van der Waals surface area contributed by atoms with Gasteiger partial charge in [-0.1, -0.05) is 15.9 Å². The van der Waals surface area contributed by atoms with Gasteiger partial charge in [0, 0.05) is 23.6 Å². The summed E-state index contributed by atoms with van der Waals surface area (Å²) in [5, 5.41) is 0. The van der Waals surface area contributed by atoms with E-state index in [1.165, 1.54) is 6.07 Å². The van der Waals surface area contributed by atoms with E-state index >= 15 is 0 Å². The maximum atomic E-state index is 13.8. The fourth-order valence-corrected chi connectivity index (χ4v) is 2.14. The molecule has 0 radical (unpaired) electrons. The molecule has 0 fully saturated rings. The molecule has 0 amide bonds. The summed E-state index contributed by atoms with van der Waals surface area (Å²) in [6, 6.07) is 4.80. The average molecular weight is 298 g/mol. The zero-order valence-corrected chi connectivity index (χ0v) is 11.3. The van der Waals surface area contributed by atoms with E-state index in [0.717, 1.165) is 16.0 Å². The number of halogens is 2. The molecular formula is C12H13BrFN3. The van der Waals surface area contributed by atoms with Crippen LogP contribution in [0.15, 0.2) is 22.7 Å². The van der Waals surface area contributed by atoms with Crippen LogP contribution in [0.2, 0.25) is 0 Å². The highest BCUT2D eigenvalue weighted by atomic mass is 79.9. The Labute approximate surface area is 108 Å². The molecule has 5 heteroatoms. The molecule has 0 aliphatic rings. The molecule has 2 aromatic rings. The standard InChI is InChI=1S/C12H13BrFN3/c1-7-16-12(11(6-15)17(7)2)9-5-8(13)3-4-10(9)14/h3-5H,6,15H2,1-2H3. The molecule has 1 heterocycles. The lowest BCUT2D eigenvalue weighted by atomic mass is 10.1. The number of hydrogen-bond donors (Lipinski definition) is 1. The maximum Gasteiger partial charge on any atom is 0.132 e. The van der Waals surface area contributed by atoms with Gasteiger partial charge < -0.3 is 10.3 Å². The first-order chi connectivity index (χ1) is 8.04. The molecular weight excluding hydrogens is 285 g/mol. The van der Waals surface area contributed by atoms with Crippen molar-refractivity contribution < 1.29 is 4.39 Å². The van der Waals surface area contributed by atoms with Gasteiger partial charge in [0.15, 0.2) is 0 Å². The fraction of sp³-hybridized carbons (Fsp3) is 0.250. The van der Waals surface area contributed by atoms with Crippen LogP contribution < -0.4 is 5.73 Å². The molecule has 0 aliphatic carbocycles. The normalized spacial score (nSPS) is 10.9. The lowest BCUT2D eigenvalue weighted by Crippen LogP contribution is -2.05. The molecule has 0 saturated heterocycles. The molecule has 0 aliphatic heterocycles. The van der Waals surface area contributed by atoms with Crippen LogP contribution in [0, 0.1) is 12.7 Å². The van der Waals surface area contributed by atoms with Crippen LogP contribution in [0.3, 0.4) is 0 Å². The monoisotopic (exact) mass is 297 g/mol. The van der Waals surface area contributed by atoms with Crippen molar-refractivity contribution in [2.24, 2.45) is 12.8 Å². The molecule has 3 nitrogen and oxygen atoms in total. The van der Waals surface area contributed by atoms with Crippen molar-refractivity contribution in [3.8, 4) is 11.3 Å². The van der Waals surface area contributed by atoms with E-state index in [0.29, 0.717) is 17.8 Å². The van der Waals surface area contributed by atoms with Crippen molar-refractivity contribution in [1.82, 2.24) is 9.55 Å². The Kier molecular flexibility index (Phi) is 3.31. The van der Waals surface area contributed by atoms with Gasteiger partial charge in [-0.15, -0.1) is 0 Å². The van der Waals surface area contributed by atoms with Gasteiger partial charge in [-0.3, -0.25) is 0 Å². The van der Waals surface area contributed by atoms with Gasteiger partial charge in [0.05, 0.1) is 11.4 Å². The predicted molar refractivity (Wildman–Crippen MR) is 68.9 cm³/mol. The lowest BCUT2D eigenvalue weighted by Gasteiger charge is -2.05. The summed E-state index contributed by atoms with van der Waals surface area (Å²) in [6.45, 7) is 2.21. The van der Waals surface area contributed by atoms with E-state index in [1.54, 1.807) is 12.1 Å². The summed E-state index contributed by atoms with van der Waals surface area (Å²) in [5.74, 6) is 0.529. The van der Waals surface area contributed by atoms with E-state index in [9.17, 15) is 4.39 Å². The quantitative estimate of drug-likeness (QED) is 0.926. The molecule has 1 aromatic heterocycles. The SMILES string of the molecule is Cc1nc(-c2cc(Br)ccc2F)c(CN)n1C. The third kappa shape index (κ3) is 2.12. The summed E-state index contributed by atoms with van der Waals surface area (Å²) in [6.07, 6.45) is 0. The number of nitrogens with two attached hydrogens (primary N) is 1. The van der Waals surface area contributed by atoms with Gasteiger partial charge in [-0.05, 0) is 25.1 Å². The maximum absolute atomic E-state index is 13.8. The molecule has 17 heavy (non-hydrogen) atoms. The molecule has 1 aromatic carbocycles. The van der Waals surface area contributed by atoms with Crippen molar-refractivity contribution >= 4 is 15.9 Å². The number of nitrogens with zero attached hydrogens (tertiary/aromatic N) is 2. The number of aromatic nitrogens is 2. The van der Waals surface area contributed by atoms with Crippen LogP contribution in [0.4, 0.5) is 4.39 Å². The van der Waals surface area contributed by atoms with Crippen molar-refractivity contribution in [1.29, 1.82) is 0 Å². The summed E-state index contributed by atoms with van der Waals surface area (Å²) in [4.78, 5) is 4.38. The Hall–Kier alpha value is -1.20. The highest BCUT2D eigenvalue weighted by molar-refractivity contribution is 9.10. The minimum atomic E-state index is -0.291. The minimum absolute atomic E-state index is 0.291. The molecule has 2 rings (SSSR count). The Bertz CT molecular complexity index is 563. The second-order valence-corrected chi connectivity index (χ2v) is 4.76. The van der Waals surface area contributed by atoms with E-state index in [1.807, 2.05) is 18.5 Å². The highest BCUT2D eigenvalue weighted by Crippen LogP contribution is 2.28. The topological polar surface area (TPSA) is 43.8 Å². The van der Waals surface area contributed by atoms with Gasteiger partial charge in [0.1, 0.15) is 11.6 Å². The first-order valence-corrected chi connectivity index (χ1v) is 6.01. The van der Waals surface area contributed by atoms with Gasteiger partial charge >= 0.3 is 0 Å². The number of aryl methyl sites for hydroxylation is 1. The van der Waals surface area contributed by atoms with Gasteiger partial charge in [-0.2, -0.15) is 0 Å². The first-order valence-electron chi connectivity index (χ1n) is 5.22. The zero-order chi connectivity index (χ0) is 12.6. The van der Waals surface area contributed by atoms with Gasteiger partial charge in [0.25, 0.3) is 0 Å². The second-order valence-electron chi connectivity index (χ2n) is 3.84. The summed E-state index contributed by atoms with van der Waals surface area (Å²) < 4.78 is 16.5. The predicted octanol–water partition coefficient (Wildman–Crippen LogP) is 2.76. The second kappa shape index (κ2) is 4.58. The van der Waals surface area contributed by atoms with Crippen molar-refractivity contribution in [2.45, 2.75) is 13.5 Å². The van der Waals surface area contributed by atoms with Crippen LogP contribution in [-0.2, 0) is 13.6 Å². The van der Waals surface area contributed by atoms with Gasteiger partial charge in [-0.25, -0.2) is 9.37 Å². The summed E-state index contributed by atoms with van der Waals surface area (Å²) >= 11 is 3.33.